The van der Waals surface area contributed by atoms with Crippen molar-refractivity contribution in [3.8, 4) is 0 Å². The van der Waals surface area contributed by atoms with Crippen LogP contribution in [0.3, 0.4) is 0 Å². The molecule has 1 aromatic heterocycles. The van der Waals surface area contributed by atoms with Gasteiger partial charge in [0.15, 0.2) is 0 Å². The molecule has 1 aromatic rings. The van der Waals surface area contributed by atoms with Gasteiger partial charge in [-0.05, 0) is 31.7 Å². The van der Waals surface area contributed by atoms with Gasteiger partial charge in [-0.25, -0.2) is 0 Å². The van der Waals surface area contributed by atoms with Gasteiger partial charge in [-0.15, -0.1) is 11.3 Å². The highest BCUT2D eigenvalue weighted by atomic mass is 35.5. The Labute approximate surface area is 116 Å². The Balaban J connectivity index is 2.57. The summed E-state index contributed by atoms with van der Waals surface area (Å²) in [6, 6.07) is 1.69. The highest BCUT2D eigenvalue weighted by molar-refractivity contribution is 7.12. The van der Waals surface area contributed by atoms with Crippen LogP contribution in [0.25, 0.3) is 0 Å². The van der Waals surface area contributed by atoms with E-state index in [-0.39, 0.29) is 11.8 Å². The van der Waals surface area contributed by atoms with Crippen LogP contribution in [0.15, 0.2) is 11.4 Å². The Morgan fingerprint density at radius 3 is 2.61 bits per heavy atom. The van der Waals surface area contributed by atoms with Gasteiger partial charge >= 0.3 is 0 Å². The molecular formula is C12H17ClN2O2S. The first kappa shape index (κ1) is 15.0. The molecule has 0 saturated heterocycles. The largest absolute Gasteiger partial charge is 0.359 e. The standard InChI is InChI=1S/C12H17ClN2O2S/c1-12(2,6-4-9(16)14-3)15-11(17)10-8(13)5-7-18-10/h5,7H,4,6H2,1-3H3,(H,14,16)(H,15,17). The van der Waals surface area contributed by atoms with Crippen LogP contribution in [-0.4, -0.2) is 24.4 Å². The minimum Gasteiger partial charge on any atom is -0.359 e. The molecule has 0 bridgehead atoms. The molecule has 0 aliphatic rings. The van der Waals surface area contributed by atoms with E-state index in [9.17, 15) is 9.59 Å². The predicted molar refractivity (Wildman–Crippen MR) is 74.2 cm³/mol. The molecule has 0 spiro atoms. The molecule has 2 N–H and O–H groups in total. The van der Waals surface area contributed by atoms with E-state index >= 15 is 0 Å². The number of nitrogens with one attached hydrogen (secondary N) is 2. The average Bonchev–Trinajstić information content (AvgIpc) is 2.72. The third kappa shape index (κ3) is 4.31. The summed E-state index contributed by atoms with van der Waals surface area (Å²) in [5.41, 5.74) is -0.448. The van der Waals surface area contributed by atoms with Gasteiger partial charge in [0.2, 0.25) is 5.91 Å². The molecule has 0 unspecified atom stereocenters. The van der Waals surface area contributed by atoms with Gasteiger partial charge in [0.25, 0.3) is 5.91 Å². The van der Waals surface area contributed by atoms with E-state index in [1.807, 2.05) is 13.8 Å². The van der Waals surface area contributed by atoms with Gasteiger partial charge in [-0.1, -0.05) is 11.6 Å². The molecule has 0 aliphatic carbocycles. The lowest BCUT2D eigenvalue weighted by Gasteiger charge is -2.25. The van der Waals surface area contributed by atoms with Gasteiger partial charge in [0.05, 0.1) is 5.02 Å². The van der Waals surface area contributed by atoms with E-state index in [0.717, 1.165) is 0 Å². The van der Waals surface area contributed by atoms with Gasteiger partial charge < -0.3 is 10.6 Å². The van der Waals surface area contributed by atoms with Gasteiger partial charge in [-0.3, -0.25) is 9.59 Å². The van der Waals surface area contributed by atoms with Crippen molar-refractivity contribution in [3.63, 3.8) is 0 Å². The summed E-state index contributed by atoms with van der Waals surface area (Å²) in [6.45, 7) is 3.77. The van der Waals surface area contributed by atoms with Crippen LogP contribution in [0.2, 0.25) is 5.02 Å². The number of halogens is 1. The van der Waals surface area contributed by atoms with Crippen LogP contribution in [-0.2, 0) is 4.79 Å². The van der Waals surface area contributed by atoms with Crippen molar-refractivity contribution >= 4 is 34.8 Å². The molecule has 0 fully saturated rings. The lowest BCUT2D eigenvalue weighted by atomic mass is 9.98. The van der Waals surface area contributed by atoms with Crippen LogP contribution < -0.4 is 10.6 Å². The fourth-order valence-corrected chi connectivity index (χ4v) is 2.47. The summed E-state index contributed by atoms with van der Waals surface area (Å²) in [5.74, 6) is -0.233. The number of carbonyl (C=O) groups is 2. The molecule has 0 aromatic carbocycles. The van der Waals surface area contributed by atoms with E-state index in [4.69, 9.17) is 11.6 Å². The highest BCUT2D eigenvalue weighted by Crippen LogP contribution is 2.23. The van der Waals surface area contributed by atoms with E-state index in [2.05, 4.69) is 10.6 Å². The molecule has 100 valence electrons. The quantitative estimate of drug-likeness (QED) is 0.874. The van der Waals surface area contributed by atoms with Crippen LogP contribution in [0.5, 0.6) is 0 Å². The van der Waals surface area contributed by atoms with Crippen molar-refractivity contribution in [2.45, 2.75) is 32.2 Å². The molecular weight excluding hydrogens is 272 g/mol. The highest BCUT2D eigenvalue weighted by Gasteiger charge is 2.23. The summed E-state index contributed by atoms with van der Waals surface area (Å²) in [5, 5.41) is 7.67. The van der Waals surface area contributed by atoms with Crippen LogP contribution in [0, 0.1) is 0 Å². The summed E-state index contributed by atoms with van der Waals surface area (Å²) in [4.78, 5) is 23.7. The molecule has 0 radical (unpaired) electrons. The fraction of sp³-hybridized carbons (Fsp3) is 0.500. The maximum Gasteiger partial charge on any atom is 0.263 e. The van der Waals surface area contributed by atoms with Gasteiger partial charge in [0.1, 0.15) is 4.88 Å². The van der Waals surface area contributed by atoms with Crippen molar-refractivity contribution in [1.82, 2.24) is 10.6 Å². The molecule has 4 nitrogen and oxygen atoms in total. The number of hydrogen-bond donors (Lipinski definition) is 2. The van der Waals surface area contributed by atoms with E-state index < -0.39 is 5.54 Å². The smallest absolute Gasteiger partial charge is 0.263 e. The Kier molecular flexibility index (Phi) is 5.16. The first-order valence-electron chi connectivity index (χ1n) is 5.62. The van der Waals surface area contributed by atoms with E-state index in [1.165, 1.54) is 11.3 Å². The first-order valence-corrected chi connectivity index (χ1v) is 6.87. The fourth-order valence-electron chi connectivity index (χ4n) is 1.43. The second-order valence-corrected chi connectivity index (χ2v) is 5.93. The van der Waals surface area contributed by atoms with Crippen LogP contribution >= 0.6 is 22.9 Å². The number of thiophene rings is 1. The van der Waals surface area contributed by atoms with Crippen LogP contribution in [0.1, 0.15) is 36.4 Å². The number of hydrogen-bond acceptors (Lipinski definition) is 3. The minimum atomic E-state index is -0.448. The molecule has 0 atom stereocenters. The van der Waals surface area contributed by atoms with E-state index in [1.54, 1.807) is 18.5 Å². The second kappa shape index (κ2) is 6.20. The Morgan fingerprint density at radius 2 is 2.11 bits per heavy atom. The summed E-state index contributed by atoms with van der Waals surface area (Å²) < 4.78 is 0. The number of rotatable bonds is 5. The lowest BCUT2D eigenvalue weighted by molar-refractivity contribution is -0.121. The Morgan fingerprint density at radius 1 is 1.44 bits per heavy atom. The third-order valence-electron chi connectivity index (χ3n) is 2.53. The zero-order valence-corrected chi connectivity index (χ0v) is 12.2. The average molecular weight is 289 g/mol. The molecule has 1 rings (SSSR count). The van der Waals surface area contributed by atoms with Crippen molar-refractivity contribution in [1.29, 1.82) is 0 Å². The zero-order chi connectivity index (χ0) is 13.8. The zero-order valence-electron chi connectivity index (χ0n) is 10.7. The molecule has 6 heteroatoms. The normalized spacial score (nSPS) is 11.1. The maximum absolute atomic E-state index is 12.0. The third-order valence-corrected chi connectivity index (χ3v) is 3.87. The minimum absolute atomic E-state index is 0.0357. The molecule has 18 heavy (non-hydrogen) atoms. The molecule has 0 saturated carbocycles. The summed E-state index contributed by atoms with van der Waals surface area (Å²) in [6.07, 6.45) is 0.948. The molecule has 0 aliphatic heterocycles. The second-order valence-electron chi connectivity index (χ2n) is 4.61. The van der Waals surface area contributed by atoms with Gasteiger partial charge in [-0.2, -0.15) is 0 Å². The van der Waals surface area contributed by atoms with E-state index in [0.29, 0.717) is 22.7 Å². The van der Waals surface area contributed by atoms with Crippen molar-refractivity contribution in [2.24, 2.45) is 0 Å². The first-order chi connectivity index (χ1) is 8.35. The topological polar surface area (TPSA) is 58.2 Å². The lowest BCUT2D eigenvalue weighted by Crippen LogP contribution is -2.44. The van der Waals surface area contributed by atoms with Crippen molar-refractivity contribution in [3.05, 3.63) is 21.3 Å². The Hall–Kier alpha value is -1.07. The SMILES string of the molecule is CNC(=O)CCC(C)(C)NC(=O)c1sccc1Cl. The van der Waals surface area contributed by atoms with Crippen molar-refractivity contribution < 1.29 is 9.59 Å². The summed E-state index contributed by atoms with van der Waals surface area (Å²) >= 11 is 7.20. The molecule has 1 heterocycles. The summed E-state index contributed by atoms with van der Waals surface area (Å²) in [7, 11) is 1.60. The van der Waals surface area contributed by atoms with Crippen LogP contribution in [0.4, 0.5) is 0 Å². The van der Waals surface area contributed by atoms with Gasteiger partial charge in [0, 0.05) is 19.0 Å². The number of amides is 2. The number of carbonyl (C=O) groups excluding carboxylic acids is 2. The van der Waals surface area contributed by atoms with Crippen molar-refractivity contribution in [2.75, 3.05) is 7.05 Å². The molecule has 2 amide bonds. The monoisotopic (exact) mass is 288 g/mol. The predicted octanol–water partition coefficient (Wildman–Crippen LogP) is 2.44. The Bertz CT molecular complexity index is 443. The maximum atomic E-state index is 12.0.